The Hall–Kier alpha value is -0.170. The highest BCUT2D eigenvalue weighted by molar-refractivity contribution is 7.87. The van der Waals surface area contributed by atoms with Gasteiger partial charge in [0.1, 0.15) is 0 Å². The molecule has 1 heterocycles. The maximum Gasteiger partial charge on any atom is 0.279 e. The third kappa shape index (κ3) is 3.19. The lowest BCUT2D eigenvalue weighted by Crippen LogP contribution is -2.53. The van der Waals surface area contributed by atoms with Crippen LogP contribution in [-0.2, 0) is 10.2 Å². The van der Waals surface area contributed by atoms with E-state index in [1.165, 1.54) is 0 Å². The zero-order valence-corrected chi connectivity index (χ0v) is 11.5. The first-order chi connectivity index (χ1) is 8.06. The minimum Gasteiger partial charge on any atom is -0.317 e. The summed E-state index contributed by atoms with van der Waals surface area (Å²) in [5.41, 5.74) is 0. The predicted molar refractivity (Wildman–Crippen MR) is 67.9 cm³/mol. The SMILES string of the molecule is CCC1CN(S(=O)(=O)NC2CC2)CCC1NC. The van der Waals surface area contributed by atoms with Crippen molar-refractivity contribution in [1.29, 1.82) is 0 Å². The van der Waals surface area contributed by atoms with Crippen LogP contribution in [0.15, 0.2) is 0 Å². The quantitative estimate of drug-likeness (QED) is 0.748. The zero-order valence-electron chi connectivity index (χ0n) is 10.6. The molecular formula is C11H23N3O2S. The normalized spacial score (nSPS) is 31.6. The van der Waals surface area contributed by atoms with Gasteiger partial charge in [0.15, 0.2) is 0 Å². The highest BCUT2D eigenvalue weighted by Crippen LogP contribution is 2.24. The van der Waals surface area contributed by atoms with E-state index in [2.05, 4.69) is 17.0 Å². The van der Waals surface area contributed by atoms with Gasteiger partial charge in [-0.1, -0.05) is 13.3 Å². The van der Waals surface area contributed by atoms with Crippen LogP contribution < -0.4 is 10.0 Å². The van der Waals surface area contributed by atoms with Gasteiger partial charge in [-0.3, -0.25) is 0 Å². The fourth-order valence-corrected chi connectivity index (χ4v) is 4.04. The highest BCUT2D eigenvalue weighted by Gasteiger charge is 2.36. The van der Waals surface area contributed by atoms with Gasteiger partial charge in [-0.15, -0.1) is 0 Å². The van der Waals surface area contributed by atoms with E-state index in [9.17, 15) is 8.42 Å². The third-order valence-electron chi connectivity index (χ3n) is 3.82. The van der Waals surface area contributed by atoms with Crippen molar-refractivity contribution in [3.05, 3.63) is 0 Å². The number of nitrogens with zero attached hydrogens (tertiary/aromatic N) is 1. The first-order valence-corrected chi connectivity index (χ1v) is 7.95. The van der Waals surface area contributed by atoms with Crippen molar-refractivity contribution in [3.63, 3.8) is 0 Å². The van der Waals surface area contributed by atoms with E-state index in [0.717, 1.165) is 25.7 Å². The molecule has 0 spiro atoms. The molecule has 0 aromatic carbocycles. The number of rotatable bonds is 5. The third-order valence-corrected chi connectivity index (χ3v) is 5.47. The molecule has 2 aliphatic rings. The lowest BCUT2D eigenvalue weighted by molar-refractivity contribution is 0.207. The molecule has 2 rings (SSSR count). The Morgan fingerprint density at radius 3 is 2.53 bits per heavy atom. The summed E-state index contributed by atoms with van der Waals surface area (Å²) < 4.78 is 28.5. The fourth-order valence-electron chi connectivity index (χ4n) is 2.50. The Bertz CT molecular complexity index is 354. The van der Waals surface area contributed by atoms with Crippen LogP contribution in [0.25, 0.3) is 0 Å². The van der Waals surface area contributed by atoms with E-state index in [0.29, 0.717) is 25.0 Å². The van der Waals surface area contributed by atoms with Gasteiger partial charge in [0.2, 0.25) is 0 Å². The van der Waals surface area contributed by atoms with Crippen LogP contribution in [0.3, 0.4) is 0 Å². The van der Waals surface area contributed by atoms with Gasteiger partial charge in [-0.05, 0) is 32.2 Å². The molecule has 6 heteroatoms. The molecule has 5 nitrogen and oxygen atoms in total. The number of hydrogen-bond donors (Lipinski definition) is 2. The molecule has 0 radical (unpaired) electrons. The van der Waals surface area contributed by atoms with Crippen molar-refractivity contribution >= 4 is 10.2 Å². The van der Waals surface area contributed by atoms with Gasteiger partial charge >= 0.3 is 0 Å². The number of nitrogens with one attached hydrogen (secondary N) is 2. The Balaban J connectivity index is 1.98. The average Bonchev–Trinajstić information content (AvgIpc) is 3.11. The first-order valence-electron chi connectivity index (χ1n) is 6.51. The fraction of sp³-hybridized carbons (Fsp3) is 1.00. The molecule has 0 aromatic heterocycles. The van der Waals surface area contributed by atoms with Crippen LogP contribution in [0.5, 0.6) is 0 Å². The maximum atomic E-state index is 12.1. The lowest BCUT2D eigenvalue weighted by Gasteiger charge is -2.37. The van der Waals surface area contributed by atoms with Crippen molar-refractivity contribution in [1.82, 2.24) is 14.3 Å². The average molecular weight is 261 g/mol. The minimum atomic E-state index is -3.24. The van der Waals surface area contributed by atoms with Crippen LogP contribution in [0.4, 0.5) is 0 Å². The van der Waals surface area contributed by atoms with E-state index >= 15 is 0 Å². The van der Waals surface area contributed by atoms with Crippen molar-refractivity contribution in [2.24, 2.45) is 5.92 Å². The Morgan fingerprint density at radius 1 is 1.29 bits per heavy atom. The summed E-state index contributed by atoms with van der Waals surface area (Å²) in [5, 5.41) is 3.29. The number of hydrogen-bond acceptors (Lipinski definition) is 3. The van der Waals surface area contributed by atoms with Crippen molar-refractivity contribution < 1.29 is 8.42 Å². The lowest BCUT2D eigenvalue weighted by atomic mass is 9.91. The molecule has 0 amide bonds. The van der Waals surface area contributed by atoms with Gasteiger partial charge in [0.05, 0.1) is 0 Å². The molecule has 0 aromatic rings. The molecule has 2 fully saturated rings. The Morgan fingerprint density at radius 2 is 2.00 bits per heavy atom. The summed E-state index contributed by atoms with van der Waals surface area (Å²) in [4.78, 5) is 0. The second-order valence-corrected chi connectivity index (χ2v) is 6.81. The van der Waals surface area contributed by atoms with E-state index in [-0.39, 0.29) is 6.04 Å². The summed E-state index contributed by atoms with van der Waals surface area (Å²) in [6.07, 6.45) is 3.90. The van der Waals surface area contributed by atoms with E-state index in [1.54, 1.807) is 4.31 Å². The highest BCUT2D eigenvalue weighted by atomic mass is 32.2. The molecule has 2 atom stereocenters. The second kappa shape index (κ2) is 5.22. The van der Waals surface area contributed by atoms with E-state index in [4.69, 9.17) is 0 Å². The molecule has 1 saturated carbocycles. The smallest absolute Gasteiger partial charge is 0.279 e. The van der Waals surface area contributed by atoms with Crippen LogP contribution in [0.2, 0.25) is 0 Å². The van der Waals surface area contributed by atoms with E-state index in [1.807, 2.05) is 7.05 Å². The van der Waals surface area contributed by atoms with E-state index < -0.39 is 10.2 Å². The van der Waals surface area contributed by atoms with Crippen LogP contribution >= 0.6 is 0 Å². The second-order valence-electron chi connectivity index (χ2n) is 5.11. The van der Waals surface area contributed by atoms with Gasteiger partial charge in [0.25, 0.3) is 10.2 Å². The molecule has 1 aliphatic heterocycles. The summed E-state index contributed by atoms with van der Waals surface area (Å²) in [6.45, 7) is 3.40. The summed E-state index contributed by atoms with van der Waals surface area (Å²) in [6, 6.07) is 0.648. The van der Waals surface area contributed by atoms with Crippen LogP contribution in [0, 0.1) is 5.92 Å². The molecule has 0 bridgehead atoms. The molecule has 1 saturated heterocycles. The minimum absolute atomic E-state index is 0.196. The van der Waals surface area contributed by atoms with Crippen LogP contribution in [-0.4, -0.2) is 44.9 Å². The largest absolute Gasteiger partial charge is 0.317 e. The number of piperidine rings is 1. The molecule has 100 valence electrons. The summed E-state index contributed by atoms with van der Waals surface area (Å²) in [5.74, 6) is 0.421. The van der Waals surface area contributed by atoms with Crippen molar-refractivity contribution in [2.75, 3.05) is 20.1 Å². The molecule has 2 N–H and O–H groups in total. The topological polar surface area (TPSA) is 61.4 Å². The van der Waals surface area contributed by atoms with Gasteiger partial charge in [0, 0.05) is 25.2 Å². The molecule has 1 aliphatic carbocycles. The van der Waals surface area contributed by atoms with Gasteiger partial charge in [-0.2, -0.15) is 17.4 Å². The molecular weight excluding hydrogens is 238 g/mol. The first kappa shape index (κ1) is 13.3. The monoisotopic (exact) mass is 261 g/mol. The zero-order chi connectivity index (χ0) is 12.5. The van der Waals surface area contributed by atoms with Gasteiger partial charge < -0.3 is 5.32 Å². The summed E-state index contributed by atoms with van der Waals surface area (Å²) in [7, 11) is -1.28. The molecule has 2 unspecified atom stereocenters. The molecule has 17 heavy (non-hydrogen) atoms. The van der Waals surface area contributed by atoms with Gasteiger partial charge in [-0.25, -0.2) is 0 Å². The standard InChI is InChI=1S/C11H23N3O2S/c1-3-9-8-14(7-6-11(9)12-2)17(15,16)13-10-4-5-10/h9-13H,3-8H2,1-2H3. The predicted octanol–water partition coefficient (Wildman–Crippen LogP) is 0.303. The maximum absolute atomic E-state index is 12.1. The Labute approximate surface area is 104 Å². The Kier molecular flexibility index (Phi) is 4.07. The van der Waals surface area contributed by atoms with Crippen molar-refractivity contribution in [3.8, 4) is 0 Å². The van der Waals surface area contributed by atoms with Crippen molar-refractivity contribution in [2.45, 2.75) is 44.7 Å². The van der Waals surface area contributed by atoms with Crippen LogP contribution in [0.1, 0.15) is 32.6 Å². The summed E-state index contributed by atoms with van der Waals surface area (Å²) >= 11 is 0.